The molecule has 0 spiro atoms. The summed E-state index contributed by atoms with van der Waals surface area (Å²) in [5.41, 5.74) is 1.73. The fourth-order valence-corrected chi connectivity index (χ4v) is 2.71. The molecule has 1 heterocycles. The quantitative estimate of drug-likeness (QED) is 0.931. The monoisotopic (exact) mass is 269 g/mol. The molecule has 1 aliphatic rings. The molecule has 0 aliphatic heterocycles. The second-order valence-electron chi connectivity index (χ2n) is 5.33. The van der Waals surface area contributed by atoms with Crippen molar-refractivity contribution in [2.45, 2.75) is 38.1 Å². The first kappa shape index (κ1) is 12.9. The third-order valence-corrected chi connectivity index (χ3v) is 3.87. The summed E-state index contributed by atoms with van der Waals surface area (Å²) in [6.07, 6.45) is 11.3. The van der Waals surface area contributed by atoms with Gasteiger partial charge in [0.25, 0.3) is 5.91 Å². The molecule has 0 unspecified atom stereocenters. The van der Waals surface area contributed by atoms with Gasteiger partial charge in [-0.15, -0.1) is 0 Å². The van der Waals surface area contributed by atoms with Crippen LogP contribution in [-0.2, 0) is 0 Å². The van der Waals surface area contributed by atoms with E-state index >= 15 is 0 Å². The number of carbonyl (C=O) groups excluding carboxylic acids is 1. The van der Waals surface area contributed by atoms with Gasteiger partial charge in [-0.1, -0.05) is 19.3 Å². The number of amides is 1. The summed E-state index contributed by atoms with van der Waals surface area (Å²) in [4.78, 5) is 16.2. The summed E-state index contributed by atoms with van der Waals surface area (Å²) in [6.45, 7) is 0. The molecule has 104 valence electrons. The molecule has 4 heteroatoms. The number of nitrogens with zero attached hydrogens (tertiary/aromatic N) is 2. The van der Waals surface area contributed by atoms with Crippen molar-refractivity contribution in [3.05, 3.63) is 48.5 Å². The van der Waals surface area contributed by atoms with E-state index in [0.29, 0.717) is 6.04 Å². The van der Waals surface area contributed by atoms with Gasteiger partial charge in [-0.25, -0.2) is 4.98 Å². The second kappa shape index (κ2) is 5.90. The first-order valence-electron chi connectivity index (χ1n) is 7.22. The van der Waals surface area contributed by atoms with Crippen LogP contribution >= 0.6 is 0 Å². The summed E-state index contributed by atoms with van der Waals surface area (Å²) in [6, 6.07) is 7.97. The van der Waals surface area contributed by atoms with Gasteiger partial charge < -0.3 is 9.88 Å². The number of imidazole rings is 1. The standard InChI is InChI=1S/C16H19N3O/c20-16(18-14-4-2-1-3-5-14)13-6-8-15(9-7-13)19-11-10-17-12-19/h6-12,14H,1-5H2,(H,18,20). The molecule has 3 rings (SSSR count). The van der Waals surface area contributed by atoms with Crippen LogP contribution in [0.1, 0.15) is 42.5 Å². The maximum Gasteiger partial charge on any atom is 0.251 e. The molecule has 1 aromatic heterocycles. The average molecular weight is 269 g/mol. The topological polar surface area (TPSA) is 46.9 Å². The molecule has 1 amide bonds. The molecule has 0 atom stereocenters. The largest absolute Gasteiger partial charge is 0.349 e. The van der Waals surface area contributed by atoms with Crippen molar-refractivity contribution in [2.75, 3.05) is 0 Å². The Balaban J connectivity index is 1.66. The van der Waals surface area contributed by atoms with Crippen LogP contribution in [0.2, 0.25) is 0 Å². The first-order chi connectivity index (χ1) is 9.83. The summed E-state index contributed by atoms with van der Waals surface area (Å²) < 4.78 is 1.92. The van der Waals surface area contributed by atoms with Gasteiger partial charge in [-0.3, -0.25) is 4.79 Å². The number of benzene rings is 1. The van der Waals surface area contributed by atoms with E-state index < -0.39 is 0 Å². The Labute approximate surface area is 118 Å². The van der Waals surface area contributed by atoms with E-state index in [4.69, 9.17) is 0 Å². The number of rotatable bonds is 3. The molecule has 1 aliphatic carbocycles. The van der Waals surface area contributed by atoms with Gasteiger partial charge in [-0.05, 0) is 37.1 Å². The maximum absolute atomic E-state index is 12.2. The number of carbonyl (C=O) groups is 1. The fraction of sp³-hybridized carbons (Fsp3) is 0.375. The zero-order chi connectivity index (χ0) is 13.8. The minimum absolute atomic E-state index is 0.0362. The number of nitrogens with one attached hydrogen (secondary N) is 1. The zero-order valence-electron chi connectivity index (χ0n) is 11.5. The Morgan fingerprint density at radius 2 is 1.90 bits per heavy atom. The lowest BCUT2D eigenvalue weighted by atomic mass is 9.95. The molecule has 4 nitrogen and oxygen atoms in total. The predicted octanol–water partition coefficient (Wildman–Crippen LogP) is 2.93. The lowest BCUT2D eigenvalue weighted by Gasteiger charge is -2.22. The minimum atomic E-state index is 0.0362. The predicted molar refractivity (Wildman–Crippen MR) is 77.9 cm³/mol. The lowest BCUT2D eigenvalue weighted by Crippen LogP contribution is -2.36. The van der Waals surface area contributed by atoms with Gasteiger partial charge in [0.1, 0.15) is 0 Å². The number of hydrogen-bond donors (Lipinski definition) is 1. The van der Waals surface area contributed by atoms with Crippen molar-refractivity contribution < 1.29 is 4.79 Å². The van der Waals surface area contributed by atoms with Crippen molar-refractivity contribution in [3.8, 4) is 5.69 Å². The molecule has 1 N–H and O–H groups in total. The summed E-state index contributed by atoms with van der Waals surface area (Å²) >= 11 is 0. The van der Waals surface area contributed by atoms with Crippen LogP contribution in [0.15, 0.2) is 43.0 Å². The SMILES string of the molecule is O=C(NC1CCCCC1)c1ccc(-n2ccnc2)cc1. The molecule has 1 aromatic carbocycles. The van der Waals surface area contributed by atoms with Crippen molar-refractivity contribution in [2.24, 2.45) is 0 Å². The summed E-state index contributed by atoms with van der Waals surface area (Å²) in [5.74, 6) is 0.0362. The molecule has 1 fully saturated rings. The van der Waals surface area contributed by atoms with Gasteiger partial charge >= 0.3 is 0 Å². The molecular weight excluding hydrogens is 250 g/mol. The van der Waals surface area contributed by atoms with Crippen molar-refractivity contribution in [1.82, 2.24) is 14.9 Å². The van der Waals surface area contributed by atoms with Crippen LogP contribution in [0.4, 0.5) is 0 Å². The van der Waals surface area contributed by atoms with E-state index in [0.717, 1.165) is 24.1 Å². The number of aromatic nitrogens is 2. The normalized spacial score (nSPS) is 16.0. The third kappa shape index (κ3) is 2.90. The van der Waals surface area contributed by atoms with Gasteiger partial charge in [0, 0.05) is 29.7 Å². The Bertz CT molecular complexity index is 554. The smallest absolute Gasteiger partial charge is 0.251 e. The lowest BCUT2D eigenvalue weighted by molar-refractivity contribution is 0.0928. The molecule has 0 bridgehead atoms. The maximum atomic E-state index is 12.2. The Hall–Kier alpha value is -2.10. The van der Waals surface area contributed by atoms with Gasteiger partial charge in [-0.2, -0.15) is 0 Å². The number of hydrogen-bond acceptors (Lipinski definition) is 2. The van der Waals surface area contributed by atoms with E-state index in [2.05, 4.69) is 10.3 Å². The van der Waals surface area contributed by atoms with E-state index in [1.807, 2.05) is 35.0 Å². The summed E-state index contributed by atoms with van der Waals surface area (Å²) in [7, 11) is 0. The third-order valence-electron chi connectivity index (χ3n) is 3.87. The van der Waals surface area contributed by atoms with Crippen LogP contribution < -0.4 is 5.32 Å². The average Bonchev–Trinajstić information content (AvgIpc) is 3.03. The highest BCUT2D eigenvalue weighted by Crippen LogP contribution is 2.18. The van der Waals surface area contributed by atoms with Crippen molar-refractivity contribution in [1.29, 1.82) is 0 Å². The van der Waals surface area contributed by atoms with Crippen molar-refractivity contribution in [3.63, 3.8) is 0 Å². The molecule has 1 saturated carbocycles. The molecule has 2 aromatic rings. The summed E-state index contributed by atoms with van der Waals surface area (Å²) in [5, 5.41) is 3.13. The van der Waals surface area contributed by atoms with E-state index in [1.54, 1.807) is 12.5 Å². The van der Waals surface area contributed by atoms with Crippen molar-refractivity contribution >= 4 is 5.91 Å². The van der Waals surface area contributed by atoms with Gasteiger partial charge in [0.15, 0.2) is 0 Å². The molecular formula is C16H19N3O. The van der Waals surface area contributed by atoms with Crippen LogP contribution in [0.5, 0.6) is 0 Å². The molecule has 0 saturated heterocycles. The Morgan fingerprint density at radius 3 is 2.55 bits per heavy atom. The Kier molecular flexibility index (Phi) is 3.81. The fourth-order valence-electron chi connectivity index (χ4n) is 2.71. The molecule has 20 heavy (non-hydrogen) atoms. The second-order valence-corrected chi connectivity index (χ2v) is 5.33. The van der Waals surface area contributed by atoms with E-state index in [1.165, 1.54) is 19.3 Å². The first-order valence-corrected chi connectivity index (χ1v) is 7.22. The van der Waals surface area contributed by atoms with Crippen LogP contribution in [-0.4, -0.2) is 21.5 Å². The molecule has 0 radical (unpaired) electrons. The highest BCUT2D eigenvalue weighted by atomic mass is 16.1. The zero-order valence-corrected chi connectivity index (χ0v) is 11.5. The van der Waals surface area contributed by atoms with Crippen LogP contribution in [0.25, 0.3) is 5.69 Å². The van der Waals surface area contributed by atoms with Crippen LogP contribution in [0.3, 0.4) is 0 Å². The highest BCUT2D eigenvalue weighted by molar-refractivity contribution is 5.94. The Morgan fingerprint density at radius 1 is 1.15 bits per heavy atom. The highest BCUT2D eigenvalue weighted by Gasteiger charge is 2.16. The van der Waals surface area contributed by atoms with E-state index in [9.17, 15) is 4.79 Å². The van der Waals surface area contributed by atoms with Crippen LogP contribution in [0, 0.1) is 0 Å². The minimum Gasteiger partial charge on any atom is -0.349 e. The van der Waals surface area contributed by atoms with Gasteiger partial charge in [0.2, 0.25) is 0 Å². The van der Waals surface area contributed by atoms with E-state index in [-0.39, 0.29) is 5.91 Å². The van der Waals surface area contributed by atoms with Gasteiger partial charge in [0.05, 0.1) is 6.33 Å².